The molecule has 5 heteroatoms. The summed E-state index contributed by atoms with van der Waals surface area (Å²) >= 11 is 6.28. The van der Waals surface area contributed by atoms with Crippen LogP contribution in [0.5, 0.6) is 5.75 Å². The van der Waals surface area contributed by atoms with Gasteiger partial charge in [0.25, 0.3) is 0 Å². The third kappa shape index (κ3) is 2.29. The van der Waals surface area contributed by atoms with Crippen molar-refractivity contribution in [3.05, 3.63) is 28.8 Å². The monoisotopic (exact) mass is 266 g/mol. The second kappa shape index (κ2) is 4.90. The van der Waals surface area contributed by atoms with Crippen LogP contribution in [0.3, 0.4) is 0 Å². The van der Waals surface area contributed by atoms with Gasteiger partial charge in [0.05, 0.1) is 12.1 Å². The molecule has 0 amide bonds. The van der Waals surface area contributed by atoms with Crippen molar-refractivity contribution in [3.63, 3.8) is 0 Å². The fourth-order valence-electron chi connectivity index (χ4n) is 1.70. The first-order chi connectivity index (χ1) is 8.52. The predicted molar refractivity (Wildman–Crippen MR) is 72.0 cm³/mol. The van der Waals surface area contributed by atoms with E-state index in [2.05, 4.69) is 19.0 Å². The lowest BCUT2D eigenvalue weighted by Gasteiger charge is -2.12. The summed E-state index contributed by atoms with van der Waals surface area (Å²) in [5.74, 6) is 1.24. The molecule has 0 atom stereocenters. The highest BCUT2D eigenvalue weighted by molar-refractivity contribution is 6.34. The number of anilines is 1. The molecule has 0 spiro atoms. The van der Waals surface area contributed by atoms with Gasteiger partial charge in [-0.05, 0) is 23.6 Å². The van der Waals surface area contributed by atoms with Crippen molar-refractivity contribution in [2.45, 2.75) is 19.8 Å². The molecule has 0 fully saturated rings. The Balaban J connectivity index is 2.61. The first-order valence-electron chi connectivity index (χ1n) is 5.63. The van der Waals surface area contributed by atoms with Crippen molar-refractivity contribution in [1.82, 2.24) is 5.16 Å². The number of rotatable bonds is 3. The Bertz CT molecular complexity index is 564. The minimum absolute atomic E-state index is 0.259. The Labute approximate surface area is 111 Å². The van der Waals surface area contributed by atoms with Gasteiger partial charge in [0.15, 0.2) is 0 Å². The van der Waals surface area contributed by atoms with E-state index in [4.69, 9.17) is 26.6 Å². The van der Waals surface area contributed by atoms with Crippen LogP contribution in [-0.4, -0.2) is 12.3 Å². The van der Waals surface area contributed by atoms with Gasteiger partial charge in [-0.15, -0.1) is 0 Å². The number of hydrogen-bond acceptors (Lipinski definition) is 4. The van der Waals surface area contributed by atoms with Crippen molar-refractivity contribution in [2.24, 2.45) is 0 Å². The lowest BCUT2D eigenvalue weighted by atomic mass is 9.99. The fraction of sp³-hybridized carbons (Fsp3) is 0.308. The van der Waals surface area contributed by atoms with Gasteiger partial charge >= 0.3 is 0 Å². The highest BCUT2D eigenvalue weighted by Crippen LogP contribution is 2.38. The summed E-state index contributed by atoms with van der Waals surface area (Å²) in [4.78, 5) is 0. The summed E-state index contributed by atoms with van der Waals surface area (Å²) in [5.41, 5.74) is 8.02. The predicted octanol–water partition coefficient (Wildman–Crippen LogP) is 3.71. The smallest absolute Gasteiger partial charge is 0.222 e. The van der Waals surface area contributed by atoms with E-state index in [-0.39, 0.29) is 5.88 Å². The molecule has 0 aliphatic carbocycles. The second-order valence-corrected chi connectivity index (χ2v) is 4.73. The highest BCUT2D eigenvalue weighted by Gasteiger charge is 2.15. The maximum atomic E-state index is 6.28. The molecule has 0 radical (unpaired) electrons. The normalized spacial score (nSPS) is 10.9. The van der Waals surface area contributed by atoms with E-state index < -0.39 is 0 Å². The van der Waals surface area contributed by atoms with Gasteiger partial charge in [-0.1, -0.05) is 30.6 Å². The standard InChI is InChI=1S/C13H15ClN2O2/c1-7(2)8-4-9(10-6-12(15)18-16-10)13(14)11(5-8)17-3/h4-7H,15H2,1-3H3. The molecule has 0 aliphatic rings. The average molecular weight is 267 g/mol. The van der Waals surface area contributed by atoms with E-state index in [1.807, 2.05) is 12.1 Å². The third-order valence-electron chi connectivity index (χ3n) is 2.75. The zero-order valence-electron chi connectivity index (χ0n) is 10.5. The fourth-order valence-corrected chi connectivity index (χ4v) is 1.99. The van der Waals surface area contributed by atoms with E-state index in [1.165, 1.54) is 0 Å². The van der Waals surface area contributed by atoms with E-state index in [9.17, 15) is 0 Å². The number of nitrogens with two attached hydrogens (primary N) is 1. The Morgan fingerprint density at radius 3 is 2.56 bits per heavy atom. The minimum Gasteiger partial charge on any atom is -0.495 e. The van der Waals surface area contributed by atoms with Gasteiger partial charge in [-0.25, -0.2) is 0 Å². The van der Waals surface area contributed by atoms with Gasteiger partial charge in [-0.2, -0.15) is 0 Å². The Kier molecular flexibility index (Phi) is 3.48. The Morgan fingerprint density at radius 2 is 2.06 bits per heavy atom. The molecule has 2 aromatic rings. The third-order valence-corrected chi connectivity index (χ3v) is 3.14. The van der Waals surface area contributed by atoms with Crippen LogP contribution < -0.4 is 10.5 Å². The Morgan fingerprint density at radius 1 is 1.33 bits per heavy atom. The minimum atomic E-state index is 0.259. The van der Waals surface area contributed by atoms with Gasteiger partial charge in [0.1, 0.15) is 11.4 Å². The van der Waals surface area contributed by atoms with Crippen LogP contribution in [0.1, 0.15) is 25.3 Å². The lowest BCUT2D eigenvalue weighted by Crippen LogP contribution is -1.94. The first-order valence-corrected chi connectivity index (χ1v) is 6.00. The lowest BCUT2D eigenvalue weighted by molar-refractivity contribution is 0.414. The molecule has 1 aromatic carbocycles. The number of nitrogens with zero attached hydrogens (tertiary/aromatic N) is 1. The zero-order chi connectivity index (χ0) is 13.3. The molecule has 4 nitrogen and oxygen atoms in total. The van der Waals surface area contributed by atoms with E-state index in [0.29, 0.717) is 22.4 Å². The SMILES string of the molecule is COc1cc(C(C)C)cc(-c2cc(N)on2)c1Cl. The van der Waals surface area contributed by atoms with Crippen LogP contribution in [0.25, 0.3) is 11.3 Å². The molecule has 0 bridgehead atoms. The molecule has 1 heterocycles. The van der Waals surface area contributed by atoms with Gasteiger partial charge in [0.2, 0.25) is 5.88 Å². The zero-order valence-corrected chi connectivity index (χ0v) is 11.3. The van der Waals surface area contributed by atoms with Crippen LogP contribution in [0.15, 0.2) is 22.7 Å². The summed E-state index contributed by atoms with van der Waals surface area (Å²) in [6.45, 7) is 4.20. The van der Waals surface area contributed by atoms with Gasteiger partial charge < -0.3 is 15.0 Å². The van der Waals surface area contributed by atoms with Crippen molar-refractivity contribution >= 4 is 17.5 Å². The molecular formula is C13H15ClN2O2. The van der Waals surface area contributed by atoms with Crippen LogP contribution in [-0.2, 0) is 0 Å². The number of methoxy groups -OCH3 is 1. The topological polar surface area (TPSA) is 61.3 Å². The molecule has 96 valence electrons. The molecule has 18 heavy (non-hydrogen) atoms. The number of nitrogen functional groups attached to an aromatic ring is 1. The molecule has 2 rings (SSSR count). The van der Waals surface area contributed by atoms with E-state index >= 15 is 0 Å². The molecule has 2 N–H and O–H groups in total. The van der Waals surface area contributed by atoms with Gasteiger partial charge in [0, 0.05) is 11.6 Å². The van der Waals surface area contributed by atoms with Gasteiger partial charge in [-0.3, -0.25) is 0 Å². The van der Waals surface area contributed by atoms with Crippen LogP contribution in [0.4, 0.5) is 5.88 Å². The largest absolute Gasteiger partial charge is 0.495 e. The maximum absolute atomic E-state index is 6.28. The van der Waals surface area contributed by atoms with Crippen molar-refractivity contribution < 1.29 is 9.26 Å². The summed E-state index contributed by atoms with van der Waals surface area (Å²) in [7, 11) is 1.59. The number of aromatic nitrogens is 1. The molecule has 0 unspecified atom stereocenters. The number of halogens is 1. The molecule has 0 saturated carbocycles. The van der Waals surface area contributed by atoms with Crippen molar-refractivity contribution in [2.75, 3.05) is 12.8 Å². The summed E-state index contributed by atoms with van der Waals surface area (Å²) < 4.78 is 10.2. The second-order valence-electron chi connectivity index (χ2n) is 4.35. The number of benzene rings is 1. The Hall–Kier alpha value is -1.68. The first kappa shape index (κ1) is 12.8. The van der Waals surface area contributed by atoms with Crippen LogP contribution >= 0.6 is 11.6 Å². The highest BCUT2D eigenvalue weighted by atomic mass is 35.5. The average Bonchev–Trinajstić information content (AvgIpc) is 2.75. The van der Waals surface area contributed by atoms with Crippen molar-refractivity contribution in [1.29, 1.82) is 0 Å². The van der Waals surface area contributed by atoms with E-state index in [0.717, 1.165) is 11.1 Å². The summed E-state index contributed by atoms with van der Waals surface area (Å²) in [5, 5.41) is 4.39. The number of ether oxygens (including phenoxy) is 1. The molecule has 0 aliphatic heterocycles. The maximum Gasteiger partial charge on any atom is 0.222 e. The quantitative estimate of drug-likeness (QED) is 0.920. The molecule has 0 saturated heterocycles. The molecule has 1 aromatic heterocycles. The summed E-state index contributed by atoms with van der Waals surface area (Å²) in [6.07, 6.45) is 0. The van der Waals surface area contributed by atoms with Crippen LogP contribution in [0, 0.1) is 0 Å². The van der Waals surface area contributed by atoms with E-state index in [1.54, 1.807) is 13.2 Å². The van der Waals surface area contributed by atoms with Crippen molar-refractivity contribution in [3.8, 4) is 17.0 Å². The van der Waals surface area contributed by atoms with Crippen LogP contribution in [0.2, 0.25) is 5.02 Å². The molecular weight excluding hydrogens is 252 g/mol. The summed E-state index contributed by atoms with van der Waals surface area (Å²) in [6, 6.07) is 5.55. The number of hydrogen-bond donors (Lipinski definition) is 1.